The van der Waals surface area contributed by atoms with Crippen LogP contribution in [0.4, 0.5) is 0 Å². The molecule has 0 radical (unpaired) electrons. The quantitative estimate of drug-likeness (QED) is 0.781. The molecule has 2 fully saturated rings. The van der Waals surface area contributed by atoms with E-state index in [9.17, 15) is 0 Å². The Bertz CT molecular complexity index is 217. The van der Waals surface area contributed by atoms with Crippen LogP contribution in [0.2, 0.25) is 0 Å². The lowest BCUT2D eigenvalue weighted by atomic mass is 9.81. The first-order valence-electron chi connectivity index (χ1n) is 7.18. The minimum absolute atomic E-state index is 0.755. The highest BCUT2D eigenvalue weighted by Crippen LogP contribution is 2.33. The standard InChI is InChI=1S/C14H28N2/c1-11-5-3-4-6-14(11)16-10-13(9-15)8-7-12(16)2/h11-14H,3-10,15H2,1-2H3. The SMILES string of the molecule is CC1CCCCC1N1CC(CN)CCC1C. The maximum atomic E-state index is 5.85. The summed E-state index contributed by atoms with van der Waals surface area (Å²) in [7, 11) is 0. The Balaban J connectivity index is 1.99. The van der Waals surface area contributed by atoms with E-state index < -0.39 is 0 Å². The van der Waals surface area contributed by atoms with Crippen molar-refractivity contribution in [2.75, 3.05) is 13.1 Å². The predicted octanol–water partition coefficient (Wildman–Crippen LogP) is 2.62. The van der Waals surface area contributed by atoms with Gasteiger partial charge in [-0.25, -0.2) is 0 Å². The number of hydrogen-bond donors (Lipinski definition) is 1. The van der Waals surface area contributed by atoms with Gasteiger partial charge in [0.05, 0.1) is 0 Å². The summed E-state index contributed by atoms with van der Waals surface area (Å²) < 4.78 is 0. The summed E-state index contributed by atoms with van der Waals surface area (Å²) in [5, 5.41) is 0. The van der Waals surface area contributed by atoms with Crippen molar-refractivity contribution in [3.8, 4) is 0 Å². The van der Waals surface area contributed by atoms with Gasteiger partial charge in [-0.05, 0) is 51.0 Å². The van der Waals surface area contributed by atoms with E-state index >= 15 is 0 Å². The Hall–Kier alpha value is -0.0800. The average Bonchev–Trinajstić information content (AvgIpc) is 2.31. The van der Waals surface area contributed by atoms with Crippen LogP contribution in [0.15, 0.2) is 0 Å². The molecule has 16 heavy (non-hydrogen) atoms. The maximum absolute atomic E-state index is 5.85. The molecule has 2 N–H and O–H groups in total. The van der Waals surface area contributed by atoms with Gasteiger partial charge in [-0.3, -0.25) is 4.90 Å². The van der Waals surface area contributed by atoms with Crippen LogP contribution in [0.25, 0.3) is 0 Å². The van der Waals surface area contributed by atoms with Crippen LogP contribution >= 0.6 is 0 Å². The van der Waals surface area contributed by atoms with Gasteiger partial charge in [0.1, 0.15) is 0 Å². The van der Waals surface area contributed by atoms with Gasteiger partial charge in [0.25, 0.3) is 0 Å². The van der Waals surface area contributed by atoms with Crippen molar-refractivity contribution in [3.05, 3.63) is 0 Å². The van der Waals surface area contributed by atoms with Gasteiger partial charge in [0.2, 0.25) is 0 Å². The summed E-state index contributed by atoms with van der Waals surface area (Å²) in [6, 6.07) is 1.63. The highest BCUT2D eigenvalue weighted by Gasteiger charge is 2.33. The van der Waals surface area contributed by atoms with Crippen LogP contribution in [0.1, 0.15) is 52.4 Å². The Morgan fingerprint density at radius 1 is 1.06 bits per heavy atom. The summed E-state index contributed by atoms with van der Waals surface area (Å²) in [6.45, 7) is 6.99. The first-order valence-corrected chi connectivity index (χ1v) is 7.18. The zero-order valence-electron chi connectivity index (χ0n) is 11.0. The molecule has 0 spiro atoms. The molecule has 1 saturated heterocycles. The molecular formula is C14H28N2. The molecule has 1 aliphatic carbocycles. The molecule has 0 aromatic rings. The number of nitrogens with two attached hydrogens (primary N) is 1. The first kappa shape index (κ1) is 12.4. The number of piperidine rings is 1. The highest BCUT2D eigenvalue weighted by molar-refractivity contribution is 4.88. The Morgan fingerprint density at radius 3 is 2.50 bits per heavy atom. The number of hydrogen-bond acceptors (Lipinski definition) is 2. The van der Waals surface area contributed by atoms with Crippen LogP contribution in [0, 0.1) is 11.8 Å². The molecule has 1 heterocycles. The largest absolute Gasteiger partial charge is 0.330 e. The molecule has 0 amide bonds. The van der Waals surface area contributed by atoms with Crippen LogP contribution in [-0.4, -0.2) is 30.1 Å². The van der Waals surface area contributed by atoms with E-state index in [4.69, 9.17) is 5.73 Å². The lowest BCUT2D eigenvalue weighted by Crippen LogP contribution is -2.52. The van der Waals surface area contributed by atoms with Gasteiger partial charge in [0.15, 0.2) is 0 Å². The zero-order valence-corrected chi connectivity index (χ0v) is 11.0. The van der Waals surface area contributed by atoms with Gasteiger partial charge in [-0.1, -0.05) is 19.8 Å². The molecule has 0 aromatic heterocycles. The Labute approximate surface area is 101 Å². The number of rotatable bonds is 2. The summed E-state index contributed by atoms with van der Waals surface area (Å²) in [5.74, 6) is 1.65. The third kappa shape index (κ3) is 2.60. The topological polar surface area (TPSA) is 29.3 Å². The molecule has 4 unspecified atom stereocenters. The van der Waals surface area contributed by atoms with Gasteiger partial charge in [-0.2, -0.15) is 0 Å². The van der Waals surface area contributed by atoms with E-state index in [1.807, 2.05) is 0 Å². The maximum Gasteiger partial charge on any atom is 0.0124 e. The van der Waals surface area contributed by atoms with Gasteiger partial charge in [0, 0.05) is 18.6 Å². The van der Waals surface area contributed by atoms with Crippen LogP contribution in [0.3, 0.4) is 0 Å². The normalized spacial score (nSPS) is 42.2. The second-order valence-corrected chi connectivity index (χ2v) is 6.05. The molecule has 0 bridgehead atoms. The van der Waals surface area contributed by atoms with E-state index in [1.165, 1.54) is 45.1 Å². The molecule has 0 aromatic carbocycles. The lowest BCUT2D eigenvalue weighted by molar-refractivity contribution is 0.0301. The van der Waals surface area contributed by atoms with Crippen molar-refractivity contribution in [1.82, 2.24) is 4.90 Å². The zero-order chi connectivity index (χ0) is 11.5. The summed E-state index contributed by atoms with van der Waals surface area (Å²) >= 11 is 0. The van der Waals surface area contributed by atoms with Crippen molar-refractivity contribution >= 4 is 0 Å². The van der Waals surface area contributed by atoms with E-state index in [1.54, 1.807) is 0 Å². The average molecular weight is 224 g/mol. The Morgan fingerprint density at radius 2 is 1.81 bits per heavy atom. The third-order valence-electron chi connectivity index (χ3n) is 4.85. The fraction of sp³-hybridized carbons (Fsp3) is 1.00. The molecule has 2 nitrogen and oxygen atoms in total. The highest BCUT2D eigenvalue weighted by atomic mass is 15.2. The number of likely N-dealkylation sites (tertiary alicyclic amines) is 1. The van der Waals surface area contributed by atoms with Crippen LogP contribution < -0.4 is 5.73 Å². The van der Waals surface area contributed by atoms with E-state index in [2.05, 4.69) is 18.7 Å². The van der Waals surface area contributed by atoms with E-state index in [-0.39, 0.29) is 0 Å². The van der Waals surface area contributed by atoms with Gasteiger partial charge >= 0.3 is 0 Å². The summed E-state index contributed by atoms with van der Waals surface area (Å²) in [6.07, 6.45) is 8.43. The minimum atomic E-state index is 0.755. The molecule has 2 heteroatoms. The fourth-order valence-corrected chi connectivity index (χ4v) is 3.66. The monoisotopic (exact) mass is 224 g/mol. The van der Waals surface area contributed by atoms with Crippen LogP contribution in [0.5, 0.6) is 0 Å². The van der Waals surface area contributed by atoms with Gasteiger partial charge in [-0.15, -0.1) is 0 Å². The molecule has 1 aliphatic heterocycles. The van der Waals surface area contributed by atoms with Crippen molar-refractivity contribution in [1.29, 1.82) is 0 Å². The molecule has 4 atom stereocenters. The Kier molecular flexibility index (Phi) is 4.26. The van der Waals surface area contributed by atoms with Crippen molar-refractivity contribution in [2.24, 2.45) is 17.6 Å². The summed E-state index contributed by atoms with van der Waals surface area (Å²) in [4.78, 5) is 2.78. The lowest BCUT2D eigenvalue weighted by Gasteiger charge is -2.46. The summed E-state index contributed by atoms with van der Waals surface area (Å²) in [5.41, 5.74) is 5.85. The second kappa shape index (κ2) is 5.50. The molecule has 2 aliphatic rings. The molecular weight excluding hydrogens is 196 g/mol. The molecule has 94 valence electrons. The minimum Gasteiger partial charge on any atom is -0.330 e. The second-order valence-electron chi connectivity index (χ2n) is 6.05. The van der Waals surface area contributed by atoms with Crippen molar-refractivity contribution < 1.29 is 0 Å². The van der Waals surface area contributed by atoms with Gasteiger partial charge < -0.3 is 5.73 Å². The third-order valence-corrected chi connectivity index (χ3v) is 4.85. The molecule has 2 rings (SSSR count). The van der Waals surface area contributed by atoms with E-state index in [0.29, 0.717) is 0 Å². The number of nitrogens with zero attached hydrogens (tertiary/aromatic N) is 1. The van der Waals surface area contributed by atoms with Crippen molar-refractivity contribution in [3.63, 3.8) is 0 Å². The van der Waals surface area contributed by atoms with Crippen molar-refractivity contribution in [2.45, 2.75) is 64.5 Å². The smallest absolute Gasteiger partial charge is 0.0124 e. The van der Waals surface area contributed by atoms with E-state index in [0.717, 1.165) is 30.5 Å². The fourth-order valence-electron chi connectivity index (χ4n) is 3.66. The predicted molar refractivity (Wildman–Crippen MR) is 69.4 cm³/mol. The molecule has 1 saturated carbocycles. The first-order chi connectivity index (χ1) is 7.72. The van der Waals surface area contributed by atoms with Crippen LogP contribution in [-0.2, 0) is 0 Å².